The molecule has 8 heteroatoms. The first-order valence-corrected chi connectivity index (χ1v) is 8.08. The third-order valence-electron chi connectivity index (χ3n) is 4.12. The van der Waals surface area contributed by atoms with E-state index in [1.807, 2.05) is 0 Å². The summed E-state index contributed by atoms with van der Waals surface area (Å²) in [6, 6.07) is 11.5. The van der Waals surface area contributed by atoms with Crippen LogP contribution in [0.4, 0.5) is 23.7 Å². The third kappa shape index (κ3) is 3.94. The minimum absolute atomic E-state index is 0.00940. The van der Waals surface area contributed by atoms with Crippen LogP contribution in [0.25, 0.3) is 0 Å². The smallest absolute Gasteiger partial charge is 0.327 e. The van der Waals surface area contributed by atoms with Gasteiger partial charge in [-0.2, -0.15) is 13.2 Å². The maximum absolute atomic E-state index is 13.4. The van der Waals surface area contributed by atoms with Crippen LogP contribution in [0, 0.1) is 0 Å². The molecule has 1 atom stereocenters. The largest absolute Gasteiger partial charge is 0.416 e. The predicted octanol–water partition coefficient (Wildman–Crippen LogP) is 3.97. The highest BCUT2D eigenvalue weighted by Crippen LogP contribution is 2.38. The summed E-state index contributed by atoms with van der Waals surface area (Å²) < 4.78 is 40.3. The molecule has 3 N–H and O–H groups in total. The van der Waals surface area contributed by atoms with E-state index in [2.05, 4.69) is 16.0 Å². The quantitative estimate of drug-likeness (QED) is 0.760. The first-order valence-electron chi connectivity index (χ1n) is 8.08. The van der Waals surface area contributed by atoms with E-state index in [4.69, 9.17) is 0 Å². The zero-order chi connectivity index (χ0) is 19.6. The lowest BCUT2D eigenvalue weighted by Gasteiger charge is -2.30. The molecule has 2 aromatic carbocycles. The lowest BCUT2D eigenvalue weighted by Crippen LogP contribution is -2.46. The van der Waals surface area contributed by atoms with Crippen LogP contribution in [0.3, 0.4) is 0 Å². The number of allylic oxidation sites excluding steroid dienone is 1. The van der Waals surface area contributed by atoms with Gasteiger partial charge in [-0.05, 0) is 30.7 Å². The second-order valence-electron chi connectivity index (χ2n) is 5.98. The van der Waals surface area contributed by atoms with Crippen LogP contribution in [-0.4, -0.2) is 11.9 Å². The fraction of sp³-hybridized carbons (Fsp3) is 0.158. The molecule has 1 heterocycles. The van der Waals surface area contributed by atoms with E-state index in [0.29, 0.717) is 5.69 Å². The van der Waals surface area contributed by atoms with Gasteiger partial charge in [-0.15, -0.1) is 0 Å². The Hall–Kier alpha value is -3.29. The molecule has 0 aromatic heterocycles. The highest BCUT2D eigenvalue weighted by atomic mass is 19.4. The number of benzene rings is 2. The van der Waals surface area contributed by atoms with Gasteiger partial charge >= 0.3 is 12.2 Å². The van der Waals surface area contributed by atoms with Crippen molar-refractivity contribution in [3.05, 3.63) is 77.0 Å². The molecule has 0 saturated heterocycles. The van der Waals surface area contributed by atoms with Gasteiger partial charge in [0.1, 0.15) is 0 Å². The van der Waals surface area contributed by atoms with E-state index in [9.17, 15) is 22.8 Å². The summed E-state index contributed by atoms with van der Waals surface area (Å²) in [7, 11) is 0. The van der Waals surface area contributed by atoms with E-state index in [0.717, 1.165) is 6.07 Å². The minimum atomic E-state index is -4.62. The van der Waals surface area contributed by atoms with Crippen LogP contribution < -0.4 is 16.0 Å². The molecule has 0 aliphatic carbocycles. The number of hydrogen-bond acceptors (Lipinski definition) is 2. The Bertz CT molecular complexity index is 908. The van der Waals surface area contributed by atoms with Crippen molar-refractivity contribution in [2.45, 2.75) is 19.1 Å². The number of para-hydroxylation sites is 1. The number of carbonyl (C=O) groups excluding carboxylic acids is 2. The van der Waals surface area contributed by atoms with Gasteiger partial charge in [0.15, 0.2) is 0 Å². The third-order valence-corrected chi connectivity index (χ3v) is 4.12. The standard InChI is InChI=1S/C19H16F3N3O2/c1-11-15(17(26)24-12-7-3-2-4-8-12)16(25-18(27)23-11)13-9-5-6-10-14(13)19(20,21)22/h2-10,16H,1H3,(H,24,26)(H2,23,25,27)/t16-/m1/s1. The number of hydrogen-bond donors (Lipinski definition) is 3. The van der Waals surface area contributed by atoms with E-state index in [-0.39, 0.29) is 16.8 Å². The number of halogens is 3. The topological polar surface area (TPSA) is 70.2 Å². The van der Waals surface area contributed by atoms with E-state index >= 15 is 0 Å². The summed E-state index contributed by atoms with van der Waals surface area (Å²) in [5.41, 5.74) is -0.417. The van der Waals surface area contributed by atoms with Crippen LogP contribution >= 0.6 is 0 Å². The van der Waals surface area contributed by atoms with Crippen molar-refractivity contribution in [2.24, 2.45) is 0 Å². The Morgan fingerprint density at radius 3 is 2.33 bits per heavy atom. The van der Waals surface area contributed by atoms with Gasteiger partial charge in [0.05, 0.1) is 17.2 Å². The summed E-state index contributed by atoms with van der Waals surface area (Å²) in [5.74, 6) is -0.604. The van der Waals surface area contributed by atoms with Crippen molar-refractivity contribution >= 4 is 17.6 Å². The number of alkyl halides is 3. The fourth-order valence-corrected chi connectivity index (χ4v) is 2.95. The van der Waals surface area contributed by atoms with Crippen molar-refractivity contribution in [3.8, 4) is 0 Å². The zero-order valence-corrected chi connectivity index (χ0v) is 14.2. The van der Waals surface area contributed by atoms with Crippen molar-refractivity contribution in [3.63, 3.8) is 0 Å². The maximum atomic E-state index is 13.4. The van der Waals surface area contributed by atoms with Gasteiger partial charge in [-0.1, -0.05) is 36.4 Å². The number of rotatable bonds is 3. The summed E-state index contributed by atoms with van der Waals surface area (Å²) in [6.45, 7) is 1.47. The molecule has 0 saturated carbocycles. The van der Waals surface area contributed by atoms with Crippen molar-refractivity contribution in [2.75, 3.05) is 5.32 Å². The minimum Gasteiger partial charge on any atom is -0.327 e. The lowest BCUT2D eigenvalue weighted by atomic mass is 9.91. The van der Waals surface area contributed by atoms with Gasteiger partial charge < -0.3 is 16.0 Å². The summed E-state index contributed by atoms with van der Waals surface area (Å²) in [5, 5.41) is 7.51. The molecule has 0 fully saturated rings. The molecule has 27 heavy (non-hydrogen) atoms. The molecule has 5 nitrogen and oxygen atoms in total. The average Bonchev–Trinajstić information content (AvgIpc) is 2.61. The summed E-state index contributed by atoms with van der Waals surface area (Å²) in [4.78, 5) is 24.7. The lowest BCUT2D eigenvalue weighted by molar-refractivity contribution is -0.138. The molecule has 0 unspecified atom stereocenters. The summed E-state index contributed by atoms with van der Waals surface area (Å²) >= 11 is 0. The molecule has 1 aliphatic rings. The van der Waals surface area contributed by atoms with Gasteiger partial charge in [0.25, 0.3) is 5.91 Å². The van der Waals surface area contributed by atoms with Crippen molar-refractivity contribution in [1.29, 1.82) is 0 Å². The normalized spacial score (nSPS) is 17.2. The second kappa shape index (κ2) is 7.14. The van der Waals surface area contributed by atoms with Crippen LogP contribution in [-0.2, 0) is 11.0 Å². The van der Waals surface area contributed by atoms with Crippen LogP contribution in [0.1, 0.15) is 24.1 Å². The highest BCUT2D eigenvalue weighted by Gasteiger charge is 2.39. The Balaban J connectivity index is 2.04. The van der Waals surface area contributed by atoms with Crippen LogP contribution in [0.2, 0.25) is 0 Å². The molecule has 140 valence electrons. The maximum Gasteiger partial charge on any atom is 0.416 e. The molecule has 1 aliphatic heterocycles. The average molecular weight is 375 g/mol. The van der Waals surface area contributed by atoms with Gasteiger partial charge in [-0.25, -0.2) is 4.79 Å². The van der Waals surface area contributed by atoms with Crippen molar-refractivity contribution in [1.82, 2.24) is 10.6 Å². The SMILES string of the molecule is CC1=C(C(=O)Nc2ccccc2)[C@@H](c2ccccc2C(F)(F)F)NC(=O)N1. The molecule has 0 radical (unpaired) electrons. The Kier molecular flexibility index (Phi) is 4.89. The number of nitrogens with one attached hydrogen (secondary N) is 3. The fourth-order valence-electron chi connectivity index (χ4n) is 2.95. The zero-order valence-electron chi connectivity index (χ0n) is 14.2. The molecule has 0 spiro atoms. The molecule has 3 amide bonds. The first kappa shape index (κ1) is 18.5. The molecule has 3 rings (SSSR count). The first-order chi connectivity index (χ1) is 12.8. The molecule has 0 bridgehead atoms. The number of carbonyl (C=O) groups is 2. The van der Waals surface area contributed by atoms with Gasteiger partial charge in [0.2, 0.25) is 0 Å². The van der Waals surface area contributed by atoms with Crippen molar-refractivity contribution < 1.29 is 22.8 Å². The Morgan fingerprint density at radius 2 is 1.67 bits per heavy atom. The predicted molar refractivity (Wildman–Crippen MR) is 93.6 cm³/mol. The molecular weight excluding hydrogens is 359 g/mol. The number of anilines is 1. The van der Waals surface area contributed by atoms with E-state index in [1.165, 1.54) is 25.1 Å². The van der Waals surface area contributed by atoms with E-state index in [1.54, 1.807) is 30.3 Å². The second-order valence-corrected chi connectivity index (χ2v) is 5.98. The van der Waals surface area contributed by atoms with E-state index < -0.39 is 29.7 Å². The highest BCUT2D eigenvalue weighted by molar-refractivity contribution is 6.06. The van der Waals surface area contributed by atoms with Gasteiger partial charge in [-0.3, -0.25) is 4.79 Å². The van der Waals surface area contributed by atoms with Gasteiger partial charge in [0, 0.05) is 11.4 Å². The Morgan fingerprint density at radius 1 is 1.04 bits per heavy atom. The monoisotopic (exact) mass is 375 g/mol. The number of amides is 3. The molecular formula is C19H16F3N3O2. The van der Waals surface area contributed by atoms with Crippen LogP contribution in [0.5, 0.6) is 0 Å². The number of urea groups is 1. The molecule has 2 aromatic rings. The Labute approximate surface area is 153 Å². The van der Waals surface area contributed by atoms with Crippen LogP contribution in [0.15, 0.2) is 65.9 Å². The summed E-state index contributed by atoms with van der Waals surface area (Å²) in [6.07, 6.45) is -4.62.